The lowest BCUT2D eigenvalue weighted by atomic mass is 9.86. The number of ether oxygens (including phenoxy) is 1. The Hall–Kier alpha value is -3.26. The van der Waals surface area contributed by atoms with E-state index in [0.717, 1.165) is 16.0 Å². The van der Waals surface area contributed by atoms with Gasteiger partial charge in [-0.2, -0.15) is 0 Å². The monoisotopic (exact) mass is 481 g/mol. The van der Waals surface area contributed by atoms with E-state index < -0.39 is 11.6 Å². The standard InChI is InChI=1S/C27H35N3O5/c1-7-17(4)24(31)20(8-2)16-19(6)25-18(5)14-15-23(34-25)27(33,9-3)26(32)35-30-22-13-11-10-12-21(22)28-29-30/h7,10-13,15-16,18,20,25,33H,8-9,14H2,1-6H3/b17-7+,19-16+/t18-,20-,25-,27-/m0/s1. The van der Waals surface area contributed by atoms with E-state index in [1.807, 2.05) is 46.8 Å². The van der Waals surface area contributed by atoms with Crippen molar-refractivity contribution < 1.29 is 24.3 Å². The summed E-state index contributed by atoms with van der Waals surface area (Å²) in [6, 6.07) is 7.05. The van der Waals surface area contributed by atoms with Gasteiger partial charge in [-0.3, -0.25) is 4.79 Å². The fraction of sp³-hybridized carbons (Fsp3) is 0.481. The van der Waals surface area contributed by atoms with Crippen LogP contribution in [-0.4, -0.2) is 43.7 Å². The smallest absolute Gasteiger partial charge is 0.374 e. The summed E-state index contributed by atoms with van der Waals surface area (Å²) in [6.45, 7) is 11.3. The SMILES string of the molecule is C/C=C(\C)C(=O)[C@H](/C=C(\C)[C@H]1OC([C@@](O)(CC)C(=O)On2nnc3ccccc32)=CC[C@@H]1C)CC. The Kier molecular flexibility index (Phi) is 8.27. The van der Waals surface area contributed by atoms with Crippen molar-refractivity contribution in [2.75, 3.05) is 0 Å². The van der Waals surface area contributed by atoms with Crippen LogP contribution in [0.4, 0.5) is 0 Å². The van der Waals surface area contributed by atoms with E-state index in [2.05, 4.69) is 10.3 Å². The van der Waals surface area contributed by atoms with Gasteiger partial charge in [-0.15, -0.1) is 5.10 Å². The summed E-state index contributed by atoms with van der Waals surface area (Å²) < 4.78 is 6.23. The molecule has 0 saturated carbocycles. The quantitative estimate of drug-likeness (QED) is 0.323. The van der Waals surface area contributed by atoms with Crippen LogP contribution in [0.3, 0.4) is 0 Å². The van der Waals surface area contributed by atoms with Gasteiger partial charge in [-0.25, -0.2) is 4.79 Å². The molecule has 8 heteroatoms. The molecule has 8 nitrogen and oxygen atoms in total. The number of benzene rings is 1. The number of fused-ring (bicyclic) bond motifs is 1. The van der Waals surface area contributed by atoms with Crippen molar-refractivity contribution in [1.29, 1.82) is 0 Å². The lowest BCUT2D eigenvalue weighted by molar-refractivity contribution is -0.169. The van der Waals surface area contributed by atoms with Crippen LogP contribution in [0.2, 0.25) is 0 Å². The molecule has 4 atom stereocenters. The van der Waals surface area contributed by atoms with E-state index >= 15 is 0 Å². The first-order valence-electron chi connectivity index (χ1n) is 12.1. The zero-order valence-electron chi connectivity index (χ0n) is 21.3. The number of para-hydroxylation sites is 1. The summed E-state index contributed by atoms with van der Waals surface area (Å²) in [5.74, 6) is -0.826. The Bertz CT molecular complexity index is 1180. The van der Waals surface area contributed by atoms with Gasteiger partial charge in [0.15, 0.2) is 5.78 Å². The van der Waals surface area contributed by atoms with Crippen LogP contribution in [0.5, 0.6) is 0 Å². The maximum Gasteiger partial charge on any atom is 0.374 e. The van der Waals surface area contributed by atoms with Crippen molar-refractivity contribution in [3.05, 3.63) is 59.4 Å². The highest BCUT2D eigenvalue weighted by molar-refractivity contribution is 5.97. The van der Waals surface area contributed by atoms with E-state index in [0.29, 0.717) is 23.9 Å². The summed E-state index contributed by atoms with van der Waals surface area (Å²) >= 11 is 0. The minimum Gasteiger partial charge on any atom is -0.487 e. The molecule has 0 bridgehead atoms. The molecule has 1 N–H and O–H groups in total. The first-order chi connectivity index (χ1) is 16.7. The lowest BCUT2D eigenvalue weighted by Gasteiger charge is -2.36. The van der Waals surface area contributed by atoms with Gasteiger partial charge in [-0.1, -0.05) is 49.9 Å². The largest absolute Gasteiger partial charge is 0.487 e. The third-order valence-corrected chi connectivity index (χ3v) is 6.70. The van der Waals surface area contributed by atoms with E-state index in [4.69, 9.17) is 9.57 Å². The summed E-state index contributed by atoms with van der Waals surface area (Å²) in [4.78, 5) is 32.3. The fourth-order valence-electron chi connectivity index (χ4n) is 4.24. The van der Waals surface area contributed by atoms with E-state index in [-0.39, 0.29) is 35.9 Å². The third kappa shape index (κ3) is 5.37. The van der Waals surface area contributed by atoms with Crippen LogP contribution in [0, 0.1) is 11.8 Å². The third-order valence-electron chi connectivity index (χ3n) is 6.70. The summed E-state index contributed by atoms with van der Waals surface area (Å²) in [6.07, 6.45) is 6.44. The van der Waals surface area contributed by atoms with Crippen LogP contribution >= 0.6 is 0 Å². The molecular weight excluding hydrogens is 446 g/mol. The predicted molar refractivity (Wildman–Crippen MR) is 133 cm³/mol. The normalized spacial score (nSPS) is 21.6. The first kappa shape index (κ1) is 26.3. The predicted octanol–water partition coefficient (Wildman–Crippen LogP) is 4.34. The highest BCUT2D eigenvalue weighted by Crippen LogP contribution is 2.35. The number of aromatic nitrogens is 3. The molecule has 3 rings (SSSR count). The molecule has 0 amide bonds. The number of ketones is 1. The highest BCUT2D eigenvalue weighted by Gasteiger charge is 2.45. The van der Waals surface area contributed by atoms with Crippen molar-refractivity contribution >= 4 is 22.8 Å². The second kappa shape index (κ2) is 11.0. The Morgan fingerprint density at radius 2 is 2.03 bits per heavy atom. The van der Waals surface area contributed by atoms with Crippen LogP contribution in [0.15, 0.2) is 59.4 Å². The number of carbonyl (C=O) groups excluding carboxylic acids is 2. The summed E-state index contributed by atoms with van der Waals surface area (Å²) in [5.41, 5.74) is 0.697. The second-order valence-corrected chi connectivity index (χ2v) is 9.12. The van der Waals surface area contributed by atoms with Gasteiger partial charge >= 0.3 is 5.97 Å². The van der Waals surface area contributed by atoms with Crippen molar-refractivity contribution in [3.63, 3.8) is 0 Å². The van der Waals surface area contributed by atoms with Gasteiger partial charge in [0, 0.05) is 11.8 Å². The number of hydrogen-bond acceptors (Lipinski definition) is 7. The van der Waals surface area contributed by atoms with E-state index in [1.54, 1.807) is 37.3 Å². The molecule has 0 saturated heterocycles. The number of rotatable bonds is 9. The number of nitrogens with zero attached hydrogens (tertiary/aromatic N) is 3. The Morgan fingerprint density at radius 1 is 1.31 bits per heavy atom. The summed E-state index contributed by atoms with van der Waals surface area (Å²) in [5, 5.41) is 19.2. The fourth-order valence-corrected chi connectivity index (χ4v) is 4.24. The van der Waals surface area contributed by atoms with Crippen molar-refractivity contribution in [2.45, 2.75) is 72.5 Å². The van der Waals surface area contributed by atoms with Crippen LogP contribution in [0.25, 0.3) is 11.0 Å². The average Bonchev–Trinajstić information content (AvgIpc) is 3.28. The number of allylic oxidation sites excluding steroid dienone is 4. The first-order valence-corrected chi connectivity index (χ1v) is 12.1. The molecule has 0 unspecified atom stereocenters. The van der Waals surface area contributed by atoms with Gasteiger partial charge in [-0.05, 0) is 74.6 Å². The van der Waals surface area contributed by atoms with E-state index in [9.17, 15) is 14.7 Å². The van der Waals surface area contributed by atoms with E-state index in [1.165, 1.54) is 0 Å². The summed E-state index contributed by atoms with van der Waals surface area (Å²) in [7, 11) is 0. The minimum atomic E-state index is -1.99. The van der Waals surface area contributed by atoms with Gasteiger partial charge < -0.3 is 14.7 Å². The molecule has 1 aromatic carbocycles. The molecular formula is C27H35N3O5. The maximum atomic E-state index is 13.1. The minimum absolute atomic E-state index is 0.0463. The molecule has 2 aromatic rings. The molecule has 188 valence electrons. The van der Waals surface area contributed by atoms with Crippen LogP contribution < -0.4 is 4.84 Å². The van der Waals surface area contributed by atoms with Crippen molar-refractivity contribution in [1.82, 2.24) is 15.2 Å². The van der Waals surface area contributed by atoms with Gasteiger partial charge in [0.2, 0.25) is 5.60 Å². The number of hydrogen-bond donors (Lipinski definition) is 1. The molecule has 2 heterocycles. The highest BCUT2D eigenvalue weighted by atomic mass is 16.7. The second-order valence-electron chi connectivity index (χ2n) is 9.12. The van der Waals surface area contributed by atoms with Crippen LogP contribution in [-0.2, 0) is 14.3 Å². The Labute approximate surface area is 206 Å². The van der Waals surface area contributed by atoms with Gasteiger partial charge in [0.1, 0.15) is 22.9 Å². The molecule has 0 aliphatic carbocycles. The van der Waals surface area contributed by atoms with Crippen LogP contribution in [0.1, 0.15) is 60.8 Å². The van der Waals surface area contributed by atoms with Crippen molar-refractivity contribution in [3.8, 4) is 0 Å². The molecule has 1 aliphatic heterocycles. The Morgan fingerprint density at radius 3 is 2.69 bits per heavy atom. The van der Waals surface area contributed by atoms with Gasteiger partial charge in [0.05, 0.1) is 0 Å². The average molecular weight is 482 g/mol. The number of aliphatic hydroxyl groups is 1. The van der Waals surface area contributed by atoms with Gasteiger partial charge in [0.25, 0.3) is 0 Å². The topological polar surface area (TPSA) is 104 Å². The molecule has 0 spiro atoms. The molecule has 0 radical (unpaired) electrons. The number of Topliss-reactive ketones (excluding diaryl/α,β-unsaturated/α-hetero) is 1. The zero-order valence-corrected chi connectivity index (χ0v) is 21.3. The lowest BCUT2D eigenvalue weighted by Crippen LogP contribution is -2.48. The zero-order chi connectivity index (χ0) is 25.8. The van der Waals surface area contributed by atoms with Crippen molar-refractivity contribution in [2.24, 2.45) is 11.8 Å². The maximum absolute atomic E-state index is 13.1. The molecule has 1 aliphatic rings. The molecule has 0 fully saturated rings. The molecule has 35 heavy (non-hydrogen) atoms. The molecule has 1 aromatic heterocycles. The Balaban J connectivity index is 1.83. The number of carbonyl (C=O) groups is 2.